The molecule has 0 radical (unpaired) electrons. The molecule has 0 bridgehead atoms. The van der Waals surface area contributed by atoms with Gasteiger partial charge in [-0.15, -0.1) is 0 Å². The smallest absolute Gasteiger partial charge is 0.129 e. The number of aliphatic hydroxyl groups excluding tert-OH is 1. The number of hydrogen-bond acceptors (Lipinski definition) is 6. The Morgan fingerprint density at radius 2 is 2.50 bits per heavy atom. The summed E-state index contributed by atoms with van der Waals surface area (Å²) in [6, 6.07) is 3.67. The highest BCUT2D eigenvalue weighted by Gasteiger charge is 2.17. The lowest BCUT2D eigenvalue weighted by Crippen LogP contribution is -2.46. The van der Waals surface area contributed by atoms with E-state index in [2.05, 4.69) is 17.3 Å². The van der Waals surface area contributed by atoms with Crippen molar-refractivity contribution >= 4 is 0 Å². The quantitative estimate of drug-likeness (QED) is 0.704. The SMILES string of the molecule is CN1CCO[C@@H](CNC[C@@H](O)COCc2ccco2)C1. The van der Waals surface area contributed by atoms with Gasteiger partial charge in [0, 0.05) is 26.2 Å². The third-order valence-electron chi connectivity index (χ3n) is 3.23. The van der Waals surface area contributed by atoms with Crippen LogP contribution in [0.2, 0.25) is 0 Å². The van der Waals surface area contributed by atoms with Crippen LogP contribution in [0.15, 0.2) is 22.8 Å². The van der Waals surface area contributed by atoms with Crippen LogP contribution >= 0.6 is 0 Å². The first-order valence-corrected chi connectivity index (χ1v) is 7.03. The molecule has 1 aromatic heterocycles. The first kappa shape index (κ1) is 15.5. The molecule has 0 amide bonds. The molecule has 2 atom stereocenters. The molecule has 20 heavy (non-hydrogen) atoms. The van der Waals surface area contributed by atoms with Gasteiger partial charge in [-0.05, 0) is 19.2 Å². The van der Waals surface area contributed by atoms with Crippen molar-refractivity contribution in [3.63, 3.8) is 0 Å². The molecular formula is C14H24N2O4. The van der Waals surface area contributed by atoms with Gasteiger partial charge in [-0.3, -0.25) is 0 Å². The van der Waals surface area contributed by atoms with E-state index in [0.717, 1.165) is 32.0 Å². The second-order valence-electron chi connectivity index (χ2n) is 5.16. The first-order valence-electron chi connectivity index (χ1n) is 7.03. The van der Waals surface area contributed by atoms with E-state index in [9.17, 15) is 5.11 Å². The maximum atomic E-state index is 9.79. The number of likely N-dealkylation sites (N-methyl/N-ethyl adjacent to an activating group) is 1. The van der Waals surface area contributed by atoms with Crippen LogP contribution in [0.4, 0.5) is 0 Å². The van der Waals surface area contributed by atoms with E-state index >= 15 is 0 Å². The second-order valence-corrected chi connectivity index (χ2v) is 5.16. The maximum absolute atomic E-state index is 9.79. The molecule has 1 fully saturated rings. The van der Waals surface area contributed by atoms with Crippen LogP contribution in [0.1, 0.15) is 5.76 Å². The summed E-state index contributed by atoms with van der Waals surface area (Å²) in [6.45, 7) is 4.62. The summed E-state index contributed by atoms with van der Waals surface area (Å²) in [5.41, 5.74) is 0. The van der Waals surface area contributed by atoms with E-state index in [-0.39, 0.29) is 6.10 Å². The predicted molar refractivity (Wildman–Crippen MR) is 74.5 cm³/mol. The standard InChI is InChI=1S/C14H24N2O4/c1-16-4-6-20-14(9-16)8-15-7-12(17)10-18-11-13-3-2-5-19-13/h2-3,5,12,14-15,17H,4,6-11H2,1H3/t12-,14+/m1/s1. The molecule has 0 aromatic carbocycles. The van der Waals surface area contributed by atoms with Gasteiger partial charge < -0.3 is 29.2 Å². The molecular weight excluding hydrogens is 260 g/mol. The van der Waals surface area contributed by atoms with Crippen LogP contribution in [-0.4, -0.2) is 68.7 Å². The Morgan fingerprint density at radius 1 is 1.60 bits per heavy atom. The molecule has 0 saturated carbocycles. The number of nitrogens with one attached hydrogen (secondary N) is 1. The molecule has 6 heteroatoms. The van der Waals surface area contributed by atoms with Crippen molar-refractivity contribution in [2.75, 3.05) is 46.4 Å². The van der Waals surface area contributed by atoms with E-state index in [1.807, 2.05) is 12.1 Å². The minimum atomic E-state index is -0.522. The van der Waals surface area contributed by atoms with Crippen LogP contribution in [0.25, 0.3) is 0 Å². The minimum absolute atomic E-state index is 0.199. The Hall–Kier alpha value is -0.920. The Bertz CT molecular complexity index is 358. The average Bonchev–Trinajstić information content (AvgIpc) is 2.92. The number of aliphatic hydroxyl groups is 1. The number of rotatable bonds is 8. The molecule has 1 aromatic rings. The van der Waals surface area contributed by atoms with Crippen molar-refractivity contribution in [2.45, 2.75) is 18.8 Å². The van der Waals surface area contributed by atoms with Crippen LogP contribution in [-0.2, 0) is 16.1 Å². The van der Waals surface area contributed by atoms with Gasteiger partial charge in [0.2, 0.25) is 0 Å². The Kier molecular flexibility index (Phi) is 6.49. The lowest BCUT2D eigenvalue weighted by Gasteiger charge is -2.30. The number of ether oxygens (including phenoxy) is 2. The Balaban J connectivity index is 1.50. The van der Waals surface area contributed by atoms with Crippen molar-refractivity contribution in [1.82, 2.24) is 10.2 Å². The van der Waals surface area contributed by atoms with E-state index in [4.69, 9.17) is 13.9 Å². The first-order chi connectivity index (χ1) is 9.74. The third-order valence-corrected chi connectivity index (χ3v) is 3.23. The fourth-order valence-electron chi connectivity index (χ4n) is 2.15. The topological polar surface area (TPSA) is 67.1 Å². The summed E-state index contributed by atoms with van der Waals surface area (Å²) >= 11 is 0. The van der Waals surface area contributed by atoms with Crippen molar-refractivity contribution < 1.29 is 19.0 Å². The molecule has 0 aliphatic carbocycles. The largest absolute Gasteiger partial charge is 0.467 e. The lowest BCUT2D eigenvalue weighted by atomic mass is 10.2. The minimum Gasteiger partial charge on any atom is -0.467 e. The highest BCUT2D eigenvalue weighted by atomic mass is 16.5. The lowest BCUT2D eigenvalue weighted by molar-refractivity contribution is -0.0214. The summed E-state index contributed by atoms with van der Waals surface area (Å²) in [4.78, 5) is 2.25. The second kappa shape index (κ2) is 8.39. The normalized spacial score (nSPS) is 22.0. The molecule has 114 valence electrons. The zero-order chi connectivity index (χ0) is 14.2. The number of morpholine rings is 1. The molecule has 2 rings (SSSR count). The molecule has 2 N–H and O–H groups in total. The fourth-order valence-corrected chi connectivity index (χ4v) is 2.15. The van der Waals surface area contributed by atoms with Crippen molar-refractivity contribution in [3.05, 3.63) is 24.2 Å². The van der Waals surface area contributed by atoms with Gasteiger partial charge in [-0.2, -0.15) is 0 Å². The van der Waals surface area contributed by atoms with Gasteiger partial charge in [0.05, 0.1) is 31.7 Å². The fraction of sp³-hybridized carbons (Fsp3) is 0.714. The van der Waals surface area contributed by atoms with Crippen molar-refractivity contribution in [3.8, 4) is 0 Å². The Labute approximate surface area is 119 Å². The van der Waals surface area contributed by atoms with Crippen molar-refractivity contribution in [1.29, 1.82) is 0 Å². The summed E-state index contributed by atoms with van der Waals surface area (Å²) in [6.07, 6.45) is 1.29. The number of furan rings is 1. The molecule has 1 aliphatic rings. The zero-order valence-corrected chi connectivity index (χ0v) is 12.0. The molecule has 2 heterocycles. The molecule has 1 saturated heterocycles. The molecule has 1 aliphatic heterocycles. The zero-order valence-electron chi connectivity index (χ0n) is 12.0. The van der Waals surface area contributed by atoms with E-state index < -0.39 is 6.10 Å². The van der Waals surface area contributed by atoms with Gasteiger partial charge in [0.1, 0.15) is 12.4 Å². The van der Waals surface area contributed by atoms with E-state index in [1.165, 1.54) is 0 Å². The maximum Gasteiger partial charge on any atom is 0.129 e. The monoisotopic (exact) mass is 284 g/mol. The Morgan fingerprint density at radius 3 is 3.25 bits per heavy atom. The summed E-state index contributed by atoms with van der Waals surface area (Å²) in [5.74, 6) is 0.767. The number of hydrogen-bond donors (Lipinski definition) is 2. The van der Waals surface area contributed by atoms with Crippen LogP contribution in [0, 0.1) is 0 Å². The van der Waals surface area contributed by atoms with Crippen molar-refractivity contribution in [2.24, 2.45) is 0 Å². The van der Waals surface area contributed by atoms with Gasteiger partial charge in [-0.25, -0.2) is 0 Å². The third kappa shape index (κ3) is 5.60. The summed E-state index contributed by atoms with van der Waals surface area (Å²) in [5, 5.41) is 13.0. The van der Waals surface area contributed by atoms with Crippen LogP contribution in [0.3, 0.4) is 0 Å². The van der Waals surface area contributed by atoms with Gasteiger partial charge in [0.25, 0.3) is 0 Å². The van der Waals surface area contributed by atoms with Gasteiger partial charge in [-0.1, -0.05) is 0 Å². The summed E-state index contributed by atoms with van der Waals surface area (Å²) < 4.78 is 16.1. The number of nitrogens with zero attached hydrogens (tertiary/aromatic N) is 1. The highest BCUT2D eigenvalue weighted by molar-refractivity contribution is 4.96. The van der Waals surface area contributed by atoms with Crippen LogP contribution in [0.5, 0.6) is 0 Å². The molecule has 0 unspecified atom stereocenters. The average molecular weight is 284 g/mol. The van der Waals surface area contributed by atoms with Gasteiger partial charge in [0.15, 0.2) is 0 Å². The summed E-state index contributed by atoms with van der Waals surface area (Å²) in [7, 11) is 2.09. The van der Waals surface area contributed by atoms with E-state index in [1.54, 1.807) is 6.26 Å². The van der Waals surface area contributed by atoms with Gasteiger partial charge >= 0.3 is 0 Å². The van der Waals surface area contributed by atoms with E-state index in [0.29, 0.717) is 19.8 Å². The molecule has 0 spiro atoms. The highest BCUT2D eigenvalue weighted by Crippen LogP contribution is 2.03. The predicted octanol–water partition coefficient (Wildman–Crippen LogP) is 0.0773. The van der Waals surface area contributed by atoms with Crippen LogP contribution < -0.4 is 5.32 Å². The molecule has 6 nitrogen and oxygen atoms in total.